The smallest absolute Gasteiger partial charge is 0.261 e. The van der Waals surface area contributed by atoms with Crippen LogP contribution in [0.25, 0.3) is 0 Å². The molecule has 2 N–H and O–H groups in total. The maximum atomic E-state index is 12.6. The van der Waals surface area contributed by atoms with Crippen LogP contribution in [0.2, 0.25) is 0 Å². The van der Waals surface area contributed by atoms with E-state index in [4.69, 9.17) is 0 Å². The number of halogens is 1. The lowest BCUT2D eigenvalue weighted by Gasteiger charge is -2.24. The average Bonchev–Trinajstić information content (AvgIpc) is 2.74. The van der Waals surface area contributed by atoms with E-state index in [9.17, 15) is 21.6 Å². The molecule has 8 nitrogen and oxygen atoms in total. The summed E-state index contributed by atoms with van der Waals surface area (Å²) >= 11 is 3.29. The van der Waals surface area contributed by atoms with Crippen LogP contribution in [-0.2, 0) is 24.8 Å². The maximum absolute atomic E-state index is 12.6. The van der Waals surface area contributed by atoms with Crippen LogP contribution >= 0.6 is 15.9 Å². The van der Waals surface area contributed by atoms with E-state index >= 15 is 0 Å². The summed E-state index contributed by atoms with van der Waals surface area (Å²) in [4.78, 5) is 12.6. The maximum Gasteiger partial charge on any atom is 0.261 e. The number of carbonyl (C=O) groups excluding carboxylic acids is 1. The van der Waals surface area contributed by atoms with E-state index in [0.29, 0.717) is 17.1 Å². The second-order valence-corrected chi connectivity index (χ2v) is 12.2. The molecule has 0 unspecified atom stereocenters. The summed E-state index contributed by atoms with van der Waals surface area (Å²) in [6, 6.07) is 17.6. The highest BCUT2D eigenvalue weighted by molar-refractivity contribution is 9.10. The summed E-state index contributed by atoms with van der Waals surface area (Å²) in [5.41, 5.74) is 2.87. The lowest BCUT2D eigenvalue weighted by Crippen LogP contribution is -2.37. The molecule has 0 saturated heterocycles. The molecule has 11 heteroatoms. The van der Waals surface area contributed by atoms with Gasteiger partial charge in [-0.15, -0.1) is 0 Å². The van der Waals surface area contributed by atoms with Gasteiger partial charge in [-0.25, -0.2) is 16.8 Å². The molecule has 0 aliphatic carbocycles. The summed E-state index contributed by atoms with van der Waals surface area (Å²) in [7, 11) is -7.54. The molecule has 3 aromatic rings. The SMILES string of the molecule is Cc1ccc(N(CC(=O)Nc2ccc(S(=O)(=O)Nc3ccc(Br)cc3)cc2)S(C)(=O)=O)c(C)c1. The molecule has 0 heterocycles. The van der Waals surface area contributed by atoms with Crippen molar-refractivity contribution in [2.45, 2.75) is 18.7 Å². The Kier molecular flexibility index (Phi) is 7.69. The van der Waals surface area contributed by atoms with E-state index in [0.717, 1.165) is 26.2 Å². The van der Waals surface area contributed by atoms with Gasteiger partial charge in [0, 0.05) is 15.8 Å². The van der Waals surface area contributed by atoms with Crippen molar-refractivity contribution in [1.29, 1.82) is 0 Å². The Morgan fingerprint density at radius 3 is 2.03 bits per heavy atom. The van der Waals surface area contributed by atoms with Crippen molar-refractivity contribution in [2.24, 2.45) is 0 Å². The molecular formula is C23H24BrN3O5S2. The van der Waals surface area contributed by atoms with Crippen molar-refractivity contribution < 1.29 is 21.6 Å². The predicted octanol–water partition coefficient (Wildman–Crippen LogP) is 4.27. The third kappa shape index (κ3) is 6.58. The van der Waals surface area contributed by atoms with Gasteiger partial charge in [-0.1, -0.05) is 33.6 Å². The van der Waals surface area contributed by atoms with E-state index in [1.165, 1.54) is 24.3 Å². The highest BCUT2D eigenvalue weighted by Crippen LogP contribution is 2.24. The highest BCUT2D eigenvalue weighted by Gasteiger charge is 2.22. The van der Waals surface area contributed by atoms with Gasteiger partial charge in [-0.2, -0.15) is 0 Å². The van der Waals surface area contributed by atoms with E-state index in [1.54, 1.807) is 43.3 Å². The van der Waals surface area contributed by atoms with Crippen LogP contribution in [0, 0.1) is 13.8 Å². The molecule has 180 valence electrons. The van der Waals surface area contributed by atoms with Gasteiger partial charge in [-0.3, -0.25) is 13.8 Å². The standard InChI is InChI=1S/C23H24BrN3O5S2/c1-16-4-13-22(17(2)14-16)27(33(3,29)30)15-23(28)25-19-9-11-21(12-10-19)34(31,32)26-20-7-5-18(24)6-8-20/h4-14,26H,15H2,1-3H3,(H,25,28). The summed E-state index contributed by atoms with van der Waals surface area (Å²) in [6.45, 7) is 3.25. The Hall–Kier alpha value is -2.89. The molecule has 3 aromatic carbocycles. The fourth-order valence-corrected chi connectivity index (χ4v) is 5.48. The van der Waals surface area contributed by atoms with Crippen LogP contribution in [0.3, 0.4) is 0 Å². The number of benzene rings is 3. The van der Waals surface area contributed by atoms with Crippen LogP contribution in [-0.4, -0.2) is 35.5 Å². The molecule has 34 heavy (non-hydrogen) atoms. The van der Waals surface area contributed by atoms with Gasteiger partial charge >= 0.3 is 0 Å². The third-order valence-corrected chi connectivity index (χ3v) is 7.91. The first-order chi connectivity index (χ1) is 15.8. The monoisotopic (exact) mass is 565 g/mol. The normalized spacial score (nSPS) is 11.6. The number of sulfonamides is 2. The van der Waals surface area contributed by atoms with Crippen LogP contribution in [0.5, 0.6) is 0 Å². The second kappa shape index (κ2) is 10.2. The summed E-state index contributed by atoms with van der Waals surface area (Å²) < 4.78 is 54.3. The number of nitrogens with zero attached hydrogens (tertiary/aromatic N) is 1. The van der Waals surface area contributed by atoms with Gasteiger partial charge in [0.25, 0.3) is 10.0 Å². The summed E-state index contributed by atoms with van der Waals surface area (Å²) in [5.74, 6) is -0.561. The molecule has 0 atom stereocenters. The minimum absolute atomic E-state index is 0.0152. The van der Waals surface area contributed by atoms with Crippen LogP contribution < -0.4 is 14.3 Å². The molecule has 3 rings (SSSR count). The lowest BCUT2D eigenvalue weighted by molar-refractivity contribution is -0.114. The number of hydrogen-bond donors (Lipinski definition) is 2. The minimum Gasteiger partial charge on any atom is -0.325 e. The molecule has 0 spiro atoms. The number of aryl methyl sites for hydroxylation is 2. The van der Waals surface area contributed by atoms with E-state index in [1.807, 2.05) is 13.0 Å². The van der Waals surface area contributed by atoms with Crippen molar-refractivity contribution in [3.8, 4) is 0 Å². The zero-order valence-electron chi connectivity index (χ0n) is 18.7. The van der Waals surface area contributed by atoms with Crippen LogP contribution in [0.15, 0.2) is 76.1 Å². The number of rotatable bonds is 8. The first kappa shape index (κ1) is 25.7. The first-order valence-corrected chi connectivity index (χ1v) is 14.2. The fourth-order valence-electron chi connectivity index (χ4n) is 3.25. The zero-order valence-corrected chi connectivity index (χ0v) is 22.0. The Bertz CT molecular complexity index is 1410. The Labute approximate surface area is 208 Å². The fraction of sp³-hybridized carbons (Fsp3) is 0.174. The molecule has 0 radical (unpaired) electrons. The van der Waals surface area contributed by atoms with Crippen molar-refractivity contribution >= 4 is 58.9 Å². The molecule has 0 saturated carbocycles. The highest BCUT2D eigenvalue weighted by atomic mass is 79.9. The van der Waals surface area contributed by atoms with E-state index in [2.05, 4.69) is 26.0 Å². The van der Waals surface area contributed by atoms with Crippen LogP contribution in [0.4, 0.5) is 17.1 Å². The number of carbonyl (C=O) groups is 1. The molecule has 0 fully saturated rings. The first-order valence-electron chi connectivity index (χ1n) is 10.1. The lowest BCUT2D eigenvalue weighted by atomic mass is 10.1. The van der Waals surface area contributed by atoms with Crippen molar-refractivity contribution in [2.75, 3.05) is 27.1 Å². The number of nitrogens with one attached hydrogen (secondary N) is 2. The Balaban J connectivity index is 1.72. The predicted molar refractivity (Wildman–Crippen MR) is 138 cm³/mol. The average molecular weight is 566 g/mol. The van der Waals surface area contributed by atoms with Gasteiger partial charge in [0.1, 0.15) is 6.54 Å². The van der Waals surface area contributed by atoms with Crippen molar-refractivity contribution in [3.63, 3.8) is 0 Å². The van der Waals surface area contributed by atoms with Gasteiger partial charge in [0.2, 0.25) is 15.9 Å². The van der Waals surface area contributed by atoms with Gasteiger partial charge in [0.05, 0.1) is 16.8 Å². The molecule has 0 bridgehead atoms. The van der Waals surface area contributed by atoms with Gasteiger partial charge in [-0.05, 0) is 74.0 Å². The molecule has 0 aliphatic heterocycles. The van der Waals surface area contributed by atoms with Crippen LogP contribution in [0.1, 0.15) is 11.1 Å². The third-order valence-electron chi connectivity index (χ3n) is 4.85. The molecule has 1 amide bonds. The Morgan fingerprint density at radius 1 is 0.882 bits per heavy atom. The minimum atomic E-state index is -3.82. The van der Waals surface area contributed by atoms with Crippen molar-refractivity contribution in [1.82, 2.24) is 0 Å². The van der Waals surface area contributed by atoms with Crippen molar-refractivity contribution in [3.05, 3.63) is 82.3 Å². The van der Waals surface area contributed by atoms with Gasteiger partial charge < -0.3 is 5.32 Å². The Morgan fingerprint density at radius 2 is 1.47 bits per heavy atom. The largest absolute Gasteiger partial charge is 0.325 e. The van der Waals surface area contributed by atoms with E-state index in [-0.39, 0.29) is 4.90 Å². The quantitative estimate of drug-likeness (QED) is 0.423. The number of hydrogen-bond acceptors (Lipinski definition) is 5. The molecule has 0 aromatic heterocycles. The topological polar surface area (TPSA) is 113 Å². The number of amides is 1. The number of anilines is 3. The van der Waals surface area contributed by atoms with E-state index < -0.39 is 32.5 Å². The zero-order chi connectivity index (χ0) is 25.1. The molecular weight excluding hydrogens is 542 g/mol. The van der Waals surface area contributed by atoms with Gasteiger partial charge in [0.15, 0.2) is 0 Å². The second-order valence-electron chi connectivity index (χ2n) is 7.74. The summed E-state index contributed by atoms with van der Waals surface area (Å²) in [6.07, 6.45) is 1.04. The summed E-state index contributed by atoms with van der Waals surface area (Å²) in [5, 5.41) is 2.61. The molecule has 0 aliphatic rings.